The molecule has 2 N–H and O–H groups in total. The van der Waals surface area contributed by atoms with Gasteiger partial charge < -0.3 is 14.8 Å². The first-order valence-corrected chi connectivity index (χ1v) is 9.27. The van der Waals surface area contributed by atoms with E-state index in [0.717, 1.165) is 11.3 Å². The van der Waals surface area contributed by atoms with Gasteiger partial charge >= 0.3 is 6.03 Å². The molecule has 148 valence electrons. The van der Waals surface area contributed by atoms with Crippen molar-refractivity contribution in [2.24, 2.45) is 5.10 Å². The molecular formula is C23H23N3O3. The molecule has 0 radical (unpaired) electrons. The lowest BCUT2D eigenvalue weighted by molar-refractivity contribution is 0.217. The third-order valence-electron chi connectivity index (χ3n) is 3.95. The molecule has 0 saturated carbocycles. The van der Waals surface area contributed by atoms with Crippen molar-refractivity contribution in [2.45, 2.75) is 6.92 Å². The number of hydrazone groups is 1. The number of ether oxygens (including phenoxy) is 2. The summed E-state index contributed by atoms with van der Waals surface area (Å²) in [5, 5.41) is 6.68. The van der Waals surface area contributed by atoms with Crippen LogP contribution in [-0.2, 0) is 0 Å². The van der Waals surface area contributed by atoms with Gasteiger partial charge in [-0.3, -0.25) is 0 Å². The van der Waals surface area contributed by atoms with E-state index in [1.165, 1.54) is 5.56 Å². The van der Waals surface area contributed by atoms with Gasteiger partial charge in [-0.2, -0.15) is 5.10 Å². The summed E-state index contributed by atoms with van der Waals surface area (Å²) >= 11 is 0. The average molecular weight is 389 g/mol. The fraction of sp³-hybridized carbons (Fsp3) is 0.130. The Hall–Kier alpha value is -3.80. The fourth-order valence-electron chi connectivity index (χ4n) is 2.51. The Morgan fingerprint density at radius 1 is 0.897 bits per heavy atom. The number of carbonyl (C=O) groups excluding carboxylic acids is 1. The van der Waals surface area contributed by atoms with Crippen molar-refractivity contribution in [1.29, 1.82) is 0 Å². The molecule has 0 bridgehead atoms. The summed E-state index contributed by atoms with van der Waals surface area (Å²) in [7, 11) is 0. The van der Waals surface area contributed by atoms with Gasteiger partial charge in [0.05, 0.1) is 6.21 Å². The Morgan fingerprint density at radius 3 is 2.38 bits per heavy atom. The maximum atomic E-state index is 11.9. The van der Waals surface area contributed by atoms with E-state index in [-0.39, 0.29) is 0 Å². The van der Waals surface area contributed by atoms with Crippen LogP contribution in [-0.4, -0.2) is 25.5 Å². The molecule has 0 atom stereocenters. The van der Waals surface area contributed by atoms with Gasteiger partial charge in [0.1, 0.15) is 24.7 Å². The van der Waals surface area contributed by atoms with Crippen LogP contribution in [0.2, 0.25) is 0 Å². The lowest BCUT2D eigenvalue weighted by atomic mass is 10.2. The molecule has 3 aromatic carbocycles. The van der Waals surface area contributed by atoms with Crippen LogP contribution in [0.4, 0.5) is 10.5 Å². The van der Waals surface area contributed by atoms with Gasteiger partial charge in [0.2, 0.25) is 0 Å². The topological polar surface area (TPSA) is 72.0 Å². The van der Waals surface area contributed by atoms with Crippen molar-refractivity contribution >= 4 is 17.9 Å². The van der Waals surface area contributed by atoms with Crippen LogP contribution in [0.15, 0.2) is 84.0 Å². The van der Waals surface area contributed by atoms with Crippen molar-refractivity contribution in [3.8, 4) is 11.5 Å². The molecule has 3 rings (SSSR count). The van der Waals surface area contributed by atoms with Crippen LogP contribution in [0.5, 0.6) is 11.5 Å². The third-order valence-corrected chi connectivity index (χ3v) is 3.95. The highest BCUT2D eigenvalue weighted by atomic mass is 16.5. The van der Waals surface area contributed by atoms with Gasteiger partial charge in [-0.05, 0) is 43.3 Å². The van der Waals surface area contributed by atoms with Crippen molar-refractivity contribution in [1.82, 2.24) is 5.43 Å². The van der Waals surface area contributed by atoms with Gasteiger partial charge in [0.15, 0.2) is 0 Å². The average Bonchev–Trinajstić information content (AvgIpc) is 2.74. The first-order chi connectivity index (χ1) is 14.2. The predicted molar refractivity (Wildman–Crippen MR) is 115 cm³/mol. The van der Waals surface area contributed by atoms with E-state index in [0.29, 0.717) is 24.7 Å². The van der Waals surface area contributed by atoms with Gasteiger partial charge in [0, 0.05) is 11.3 Å². The number of nitrogens with zero attached hydrogens (tertiary/aromatic N) is 1. The van der Waals surface area contributed by atoms with Crippen molar-refractivity contribution in [3.05, 3.63) is 90.0 Å². The maximum Gasteiger partial charge on any atom is 0.339 e. The number of benzene rings is 3. The Kier molecular flexibility index (Phi) is 7.23. The summed E-state index contributed by atoms with van der Waals surface area (Å²) in [5.74, 6) is 1.47. The number of nitrogens with one attached hydrogen (secondary N) is 2. The molecule has 0 aliphatic heterocycles. The molecule has 2 amide bonds. The molecular weight excluding hydrogens is 366 g/mol. The summed E-state index contributed by atoms with van der Waals surface area (Å²) in [5.41, 5.74) is 5.07. The molecule has 6 heteroatoms. The third kappa shape index (κ3) is 6.70. The van der Waals surface area contributed by atoms with Gasteiger partial charge in [-0.1, -0.05) is 48.0 Å². The van der Waals surface area contributed by atoms with E-state index in [4.69, 9.17) is 9.47 Å². The van der Waals surface area contributed by atoms with Crippen LogP contribution >= 0.6 is 0 Å². The van der Waals surface area contributed by atoms with Crippen molar-refractivity contribution in [3.63, 3.8) is 0 Å². The first-order valence-electron chi connectivity index (χ1n) is 9.27. The Balaban J connectivity index is 1.47. The number of urea groups is 1. The van der Waals surface area contributed by atoms with Crippen LogP contribution in [0.3, 0.4) is 0 Å². The molecule has 0 heterocycles. The number of rotatable bonds is 8. The molecule has 6 nitrogen and oxygen atoms in total. The summed E-state index contributed by atoms with van der Waals surface area (Å²) < 4.78 is 11.5. The monoisotopic (exact) mass is 389 g/mol. The molecule has 0 unspecified atom stereocenters. The highest BCUT2D eigenvalue weighted by molar-refractivity contribution is 5.90. The molecule has 0 aliphatic carbocycles. The molecule has 0 spiro atoms. The molecule has 0 saturated heterocycles. The Morgan fingerprint density at radius 2 is 1.59 bits per heavy atom. The van der Waals surface area contributed by atoms with Gasteiger partial charge in [0.25, 0.3) is 0 Å². The summed E-state index contributed by atoms with van der Waals surface area (Å²) in [6.07, 6.45) is 1.54. The van der Waals surface area contributed by atoms with E-state index in [1.54, 1.807) is 18.3 Å². The van der Waals surface area contributed by atoms with Crippen molar-refractivity contribution < 1.29 is 14.3 Å². The van der Waals surface area contributed by atoms with Crippen LogP contribution in [0, 0.1) is 6.92 Å². The fourth-order valence-corrected chi connectivity index (χ4v) is 2.51. The number of para-hydroxylation sites is 2. The number of amides is 2. The lowest BCUT2D eigenvalue weighted by Gasteiger charge is -2.10. The Labute approximate surface area is 170 Å². The standard InChI is InChI=1S/C23H23N3O3/c1-18-11-13-21(14-12-18)28-15-16-29-22-10-6-5-7-19(22)17-24-26-23(27)25-20-8-3-2-4-9-20/h2-14,17H,15-16H2,1H3,(H2,25,26,27)/b24-17-. The van der Waals surface area contributed by atoms with Crippen LogP contribution in [0.1, 0.15) is 11.1 Å². The van der Waals surface area contributed by atoms with Gasteiger partial charge in [-0.15, -0.1) is 0 Å². The summed E-state index contributed by atoms with van der Waals surface area (Å²) in [4.78, 5) is 11.9. The summed E-state index contributed by atoms with van der Waals surface area (Å²) in [6, 6.07) is 24.1. The predicted octanol–water partition coefficient (Wildman–Crippen LogP) is 4.61. The van der Waals surface area contributed by atoms with E-state index < -0.39 is 6.03 Å². The maximum absolute atomic E-state index is 11.9. The smallest absolute Gasteiger partial charge is 0.339 e. The van der Waals surface area contributed by atoms with E-state index in [1.807, 2.05) is 73.7 Å². The summed E-state index contributed by atoms with van der Waals surface area (Å²) in [6.45, 7) is 2.85. The minimum Gasteiger partial charge on any atom is -0.490 e. The normalized spacial score (nSPS) is 10.5. The number of carbonyl (C=O) groups is 1. The zero-order chi connectivity index (χ0) is 20.3. The number of aryl methyl sites for hydroxylation is 1. The highest BCUT2D eigenvalue weighted by Gasteiger charge is 2.02. The zero-order valence-corrected chi connectivity index (χ0v) is 16.2. The zero-order valence-electron chi connectivity index (χ0n) is 16.2. The lowest BCUT2D eigenvalue weighted by Crippen LogP contribution is -2.24. The molecule has 29 heavy (non-hydrogen) atoms. The number of hydrogen-bond acceptors (Lipinski definition) is 4. The second-order valence-corrected chi connectivity index (χ2v) is 6.24. The minimum atomic E-state index is -0.419. The minimum absolute atomic E-state index is 0.390. The second-order valence-electron chi connectivity index (χ2n) is 6.24. The molecule has 0 fully saturated rings. The van der Waals surface area contributed by atoms with Crippen molar-refractivity contribution in [2.75, 3.05) is 18.5 Å². The largest absolute Gasteiger partial charge is 0.490 e. The van der Waals surface area contributed by atoms with E-state index in [9.17, 15) is 4.79 Å². The SMILES string of the molecule is Cc1ccc(OCCOc2ccccc2/C=N\NC(=O)Nc2ccccc2)cc1. The van der Waals surface area contributed by atoms with Gasteiger partial charge in [-0.25, -0.2) is 10.2 Å². The second kappa shape index (κ2) is 10.5. The molecule has 3 aromatic rings. The van der Waals surface area contributed by atoms with E-state index in [2.05, 4.69) is 15.8 Å². The van der Waals surface area contributed by atoms with Crippen LogP contribution in [0.25, 0.3) is 0 Å². The highest BCUT2D eigenvalue weighted by Crippen LogP contribution is 2.16. The quantitative estimate of drug-likeness (QED) is 0.336. The number of hydrogen-bond donors (Lipinski definition) is 2. The Bertz CT molecular complexity index is 941. The van der Waals surface area contributed by atoms with E-state index >= 15 is 0 Å². The van der Waals surface area contributed by atoms with Crippen LogP contribution < -0.4 is 20.2 Å². The first kappa shape index (κ1) is 19.9. The molecule has 0 aliphatic rings. The molecule has 0 aromatic heterocycles. The number of anilines is 1.